The number of rotatable bonds is 12. The Morgan fingerprint density at radius 1 is 0.422 bits per heavy atom. The van der Waals surface area contributed by atoms with E-state index < -0.39 is 10.8 Å². The van der Waals surface area contributed by atoms with Crippen molar-refractivity contribution in [1.29, 1.82) is 0 Å². The van der Waals surface area contributed by atoms with Gasteiger partial charge in [-0.3, -0.25) is 4.57 Å². The van der Waals surface area contributed by atoms with Crippen molar-refractivity contribution < 1.29 is 30.4 Å². The first-order valence-corrected chi connectivity index (χ1v) is 29.0. The maximum Gasteiger partial charge on any atom is 0.267 e. The van der Waals surface area contributed by atoms with E-state index in [1.165, 1.54) is 33.4 Å². The summed E-state index contributed by atoms with van der Waals surface area (Å²) in [5.74, 6) is 2.01. The molecule has 0 aliphatic rings. The molecule has 0 bridgehead atoms. The van der Waals surface area contributed by atoms with Gasteiger partial charge in [0.25, 0.3) is 6.33 Å². The first-order chi connectivity index (χ1) is 38.8. The van der Waals surface area contributed by atoms with E-state index in [1.54, 1.807) is 0 Å². The van der Waals surface area contributed by atoms with Gasteiger partial charge in [-0.05, 0) is 102 Å². The Bertz CT molecular complexity index is 4130. The SMILES string of the molecule is CC(C)(C)c1cc(Oc2[c-]c3c(cc2)c2cc(C(C)(C)C)ccc2n3-c2cc(C(C)(C)C)ccn2)[c-]c(-n2[c-][n+](-c3cc(-c4ccccc4)cc(C(C)(C)c4ccccc4)c3)c(C(C)(C)c3ccccc3)c2C(C)(C)c2ccccc2)c1.[Pt]. The topological polar surface area (TPSA) is 35.9 Å². The van der Waals surface area contributed by atoms with Crippen LogP contribution in [0.1, 0.15) is 154 Å². The van der Waals surface area contributed by atoms with Crippen LogP contribution in [0.3, 0.4) is 0 Å². The monoisotopic (exact) mass is 1270 g/mol. The molecule has 0 aliphatic carbocycles. The van der Waals surface area contributed by atoms with Crippen molar-refractivity contribution in [3.63, 3.8) is 0 Å². The van der Waals surface area contributed by atoms with Crippen molar-refractivity contribution in [2.45, 2.75) is 136 Å². The van der Waals surface area contributed by atoms with Crippen molar-refractivity contribution >= 4 is 21.8 Å². The number of nitrogens with zero attached hydrogens (tertiary/aromatic N) is 4. The predicted octanol–water partition coefficient (Wildman–Crippen LogP) is 19.0. The molecule has 0 atom stereocenters. The average Bonchev–Trinajstić information content (AvgIpc) is 1.99. The molecule has 3 aromatic heterocycles. The van der Waals surface area contributed by atoms with Crippen LogP contribution in [-0.2, 0) is 53.6 Å². The normalized spacial score (nSPS) is 12.7. The minimum Gasteiger partial charge on any atom is -0.510 e. The quantitative estimate of drug-likeness (QED) is 0.0903. The molecule has 0 unspecified atom stereocenters. The molecule has 424 valence electrons. The van der Waals surface area contributed by atoms with E-state index in [4.69, 9.17) is 9.72 Å². The smallest absolute Gasteiger partial charge is 0.267 e. The molecule has 11 aromatic rings. The molecule has 0 amide bonds. The molecule has 0 fully saturated rings. The van der Waals surface area contributed by atoms with Crippen LogP contribution in [0.25, 0.3) is 50.1 Å². The van der Waals surface area contributed by atoms with Gasteiger partial charge in [0.2, 0.25) is 0 Å². The Balaban J connectivity index is 0.00000769. The molecule has 83 heavy (non-hydrogen) atoms. The van der Waals surface area contributed by atoms with Crippen LogP contribution < -0.4 is 9.30 Å². The Morgan fingerprint density at radius 3 is 1.57 bits per heavy atom. The third kappa shape index (κ3) is 11.2. The van der Waals surface area contributed by atoms with Crippen molar-refractivity contribution in [1.82, 2.24) is 14.1 Å². The van der Waals surface area contributed by atoms with E-state index in [-0.39, 0.29) is 42.7 Å². The van der Waals surface area contributed by atoms with Crippen LogP contribution in [0, 0.1) is 18.5 Å². The molecule has 8 aromatic carbocycles. The van der Waals surface area contributed by atoms with Gasteiger partial charge in [0.1, 0.15) is 5.82 Å². The Kier molecular flexibility index (Phi) is 15.4. The molecular weight excluding hydrogens is 1190 g/mol. The fourth-order valence-electron chi connectivity index (χ4n) is 11.8. The fraction of sp³-hybridized carbons (Fsp3) is 0.273. The third-order valence-electron chi connectivity index (χ3n) is 17.1. The van der Waals surface area contributed by atoms with E-state index >= 15 is 0 Å². The molecule has 0 saturated heterocycles. The molecule has 5 nitrogen and oxygen atoms in total. The second-order valence-electron chi connectivity index (χ2n) is 27.1. The zero-order valence-electron chi connectivity index (χ0n) is 51.1. The second-order valence-corrected chi connectivity index (χ2v) is 27.1. The summed E-state index contributed by atoms with van der Waals surface area (Å²) in [6.45, 7) is 34.4. The van der Waals surface area contributed by atoms with Crippen LogP contribution in [-0.4, -0.2) is 14.1 Å². The zero-order valence-corrected chi connectivity index (χ0v) is 53.3. The second kappa shape index (κ2) is 21.9. The zero-order chi connectivity index (χ0) is 58.1. The first-order valence-electron chi connectivity index (χ1n) is 29.0. The molecule has 0 spiro atoms. The van der Waals surface area contributed by atoms with Gasteiger partial charge in [-0.2, -0.15) is 17.7 Å². The van der Waals surface area contributed by atoms with E-state index in [9.17, 15) is 0 Å². The number of fused-ring (bicyclic) bond motifs is 3. The molecule has 0 radical (unpaired) electrons. The Morgan fingerprint density at radius 2 is 0.976 bits per heavy atom. The Labute approximate surface area is 508 Å². The van der Waals surface area contributed by atoms with E-state index in [1.807, 2.05) is 6.20 Å². The maximum atomic E-state index is 7.18. The van der Waals surface area contributed by atoms with E-state index in [2.05, 4.69) is 330 Å². The molecule has 0 saturated carbocycles. The summed E-state index contributed by atoms with van der Waals surface area (Å²) in [5, 5.41) is 2.24. The molecule has 0 N–H and O–H groups in total. The van der Waals surface area contributed by atoms with E-state index in [0.717, 1.165) is 67.1 Å². The standard InChI is InChI=1S/C77H78N4O.Pt/c1-72(2,3)57-36-39-67-66(47-57)65-38-37-63(50-68(65)81(67)69-48-58(40-41-78-69)73(4,5)6)82-64-46-59(74(7,8)9)44-62(49-64)80-51-79(70(76(12,13)55-32-24-18-25-33-55)71(80)77(14,15)56-34-26-19-27-35-56)61-43-53(52-28-20-16-21-29-52)42-60(45-61)75(10,11)54-30-22-17-23-31-54;/h16-48H,1-15H3;/q-2;. The van der Waals surface area contributed by atoms with Gasteiger partial charge < -0.3 is 13.9 Å². The largest absolute Gasteiger partial charge is 0.510 e. The summed E-state index contributed by atoms with van der Waals surface area (Å²) >= 11 is 0. The molecule has 6 heteroatoms. The van der Waals surface area contributed by atoms with Crippen LogP contribution in [0.2, 0.25) is 0 Å². The summed E-state index contributed by atoms with van der Waals surface area (Å²) in [6.07, 6.45) is 6.05. The Hall–Kier alpha value is -7.59. The number of aromatic nitrogens is 4. The van der Waals surface area contributed by atoms with Gasteiger partial charge in [0.15, 0.2) is 0 Å². The summed E-state index contributed by atoms with van der Waals surface area (Å²) < 4.78 is 14.1. The van der Waals surface area contributed by atoms with Crippen molar-refractivity contribution in [2.75, 3.05) is 0 Å². The number of pyridine rings is 1. The van der Waals surface area contributed by atoms with Gasteiger partial charge in [0, 0.05) is 60.5 Å². The number of ether oxygens (including phenoxy) is 1. The van der Waals surface area contributed by atoms with Gasteiger partial charge in [0.05, 0.1) is 17.1 Å². The predicted molar refractivity (Wildman–Crippen MR) is 340 cm³/mol. The van der Waals surface area contributed by atoms with Gasteiger partial charge in [-0.15, -0.1) is 29.7 Å². The maximum absolute atomic E-state index is 7.18. The molecular formula is C77H78N4OPt-2. The van der Waals surface area contributed by atoms with Crippen molar-refractivity contribution in [3.05, 3.63) is 269 Å². The summed E-state index contributed by atoms with van der Waals surface area (Å²) in [5.41, 5.74) is 14.8. The van der Waals surface area contributed by atoms with Crippen molar-refractivity contribution in [3.8, 4) is 39.8 Å². The third-order valence-corrected chi connectivity index (χ3v) is 17.1. The minimum absolute atomic E-state index is 0. The number of imidazole rings is 1. The number of hydrogen-bond donors (Lipinski definition) is 0. The van der Waals surface area contributed by atoms with E-state index in [0.29, 0.717) is 11.5 Å². The fourth-order valence-corrected chi connectivity index (χ4v) is 11.8. The molecule has 11 rings (SSSR count). The minimum atomic E-state index is -0.572. The van der Waals surface area contributed by atoms with Gasteiger partial charge in [-0.25, -0.2) is 4.98 Å². The van der Waals surface area contributed by atoms with Crippen LogP contribution in [0.5, 0.6) is 11.5 Å². The van der Waals surface area contributed by atoms with Crippen molar-refractivity contribution in [2.24, 2.45) is 0 Å². The van der Waals surface area contributed by atoms with Crippen LogP contribution >= 0.6 is 0 Å². The van der Waals surface area contributed by atoms with Gasteiger partial charge in [-0.1, -0.05) is 249 Å². The number of hydrogen-bond acceptors (Lipinski definition) is 2. The summed E-state index contributed by atoms with van der Waals surface area (Å²) in [4.78, 5) is 5.02. The first kappa shape index (κ1) is 58.6. The summed E-state index contributed by atoms with van der Waals surface area (Å²) in [7, 11) is 0. The van der Waals surface area contributed by atoms with Crippen LogP contribution in [0.4, 0.5) is 0 Å². The van der Waals surface area contributed by atoms with Crippen LogP contribution in [0.15, 0.2) is 200 Å². The molecule has 0 aliphatic heterocycles. The molecule has 3 heterocycles. The average molecular weight is 1270 g/mol. The van der Waals surface area contributed by atoms with Gasteiger partial charge >= 0.3 is 0 Å². The number of benzene rings is 8. The summed E-state index contributed by atoms with van der Waals surface area (Å²) in [6, 6.07) is 78.1.